The predicted molar refractivity (Wildman–Crippen MR) is 112 cm³/mol. The lowest BCUT2D eigenvalue weighted by atomic mass is 9.79. The molecular formula is C22H28N6O2. The standard InChI is InChI=1S/C22H28N6O2/c1-14-11-18(26-17-12-16(23-13-24-17)25-15-7-3-4-8-15)28(30)20-19(14)21(29)27-22(20)9-5-2-6-10-22/h11-13,15,30H,2-10H2,1H3,(H,27,29)(H,23,24,25). The van der Waals surface area contributed by atoms with Crippen LogP contribution in [0.15, 0.2) is 23.5 Å². The summed E-state index contributed by atoms with van der Waals surface area (Å²) in [6, 6.07) is 3.99. The van der Waals surface area contributed by atoms with Crippen LogP contribution in [0.3, 0.4) is 0 Å². The summed E-state index contributed by atoms with van der Waals surface area (Å²) < 4.78 is 1.09. The van der Waals surface area contributed by atoms with Gasteiger partial charge in [0.15, 0.2) is 11.3 Å². The zero-order valence-corrected chi connectivity index (χ0v) is 17.3. The highest BCUT2D eigenvalue weighted by Gasteiger charge is 2.47. The van der Waals surface area contributed by atoms with Crippen LogP contribution in [-0.2, 0) is 5.54 Å². The second-order valence-corrected chi connectivity index (χ2v) is 8.82. The highest BCUT2D eigenvalue weighted by molar-refractivity contribution is 6.00. The molecule has 8 heteroatoms. The maximum atomic E-state index is 12.7. The number of nitrogens with zero attached hydrogens (tertiary/aromatic N) is 4. The van der Waals surface area contributed by atoms with Gasteiger partial charge in [-0.1, -0.05) is 32.1 Å². The van der Waals surface area contributed by atoms with Crippen LogP contribution in [0.5, 0.6) is 0 Å². The van der Waals surface area contributed by atoms with Crippen molar-refractivity contribution in [1.29, 1.82) is 0 Å². The first-order chi connectivity index (χ1) is 14.6. The van der Waals surface area contributed by atoms with Crippen LogP contribution in [-0.4, -0.2) is 31.9 Å². The molecule has 0 atom stereocenters. The maximum absolute atomic E-state index is 12.7. The summed E-state index contributed by atoms with van der Waals surface area (Å²) >= 11 is 0. The fourth-order valence-corrected chi connectivity index (χ4v) is 5.28. The van der Waals surface area contributed by atoms with Crippen molar-refractivity contribution in [2.45, 2.75) is 76.3 Å². The molecule has 3 heterocycles. The Hall–Kier alpha value is -2.90. The summed E-state index contributed by atoms with van der Waals surface area (Å²) in [7, 11) is 0. The summed E-state index contributed by atoms with van der Waals surface area (Å²) in [4.78, 5) is 25.9. The third-order valence-electron chi connectivity index (χ3n) is 6.73. The van der Waals surface area contributed by atoms with Gasteiger partial charge < -0.3 is 15.8 Å². The Labute approximate surface area is 175 Å². The first-order valence-electron chi connectivity index (χ1n) is 11.0. The summed E-state index contributed by atoms with van der Waals surface area (Å²) in [5.41, 5.74) is 1.90. The summed E-state index contributed by atoms with van der Waals surface area (Å²) in [6.07, 6.45) is 11.2. The third kappa shape index (κ3) is 3.24. The van der Waals surface area contributed by atoms with Crippen LogP contribution in [0.2, 0.25) is 0 Å². The minimum Gasteiger partial charge on any atom is -0.427 e. The Balaban J connectivity index is 1.56. The van der Waals surface area contributed by atoms with E-state index in [2.05, 4.69) is 25.6 Å². The number of hydrogen-bond donors (Lipinski definition) is 3. The first kappa shape index (κ1) is 19.1. The molecule has 2 aliphatic carbocycles. The van der Waals surface area contributed by atoms with Gasteiger partial charge in [0.25, 0.3) is 5.91 Å². The number of carbonyl (C=O) groups is 1. The molecule has 1 amide bonds. The van der Waals surface area contributed by atoms with Crippen LogP contribution in [0.1, 0.15) is 79.4 Å². The van der Waals surface area contributed by atoms with Gasteiger partial charge >= 0.3 is 0 Å². The molecule has 0 unspecified atom stereocenters. The van der Waals surface area contributed by atoms with E-state index < -0.39 is 5.54 Å². The molecular weight excluding hydrogens is 380 g/mol. The molecule has 2 saturated carbocycles. The van der Waals surface area contributed by atoms with Crippen LogP contribution >= 0.6 is 0 Å². The van der Waals surface area contributed by atoms with Gasteiger partial charge in [-0.05, 0) is 44.2 Å². The van der Waals surface area contributed by atoms with E-state index in [0.29, 0.717) is 28.6 Å². The molecule has 2 aromatic heterocycles. The van der Waals surface area contributed by atoms with E-state index in [1.165, 1.54) is 19.2 Å². The van der Waals surface area contributed by atoms with Crippen molar-refractivity contribution in [3.05, 3.63) is 40.8 Å². The number of nitrogens with one attached hydrogen (secondary N) is 2. The van der Waals surface area contributed by atoms with Crippen LogP contribution in [0.25, 0.3) is 0 Å². The van der Waals surface area contributed by atoms with Gasteiger partial charge in [0.2, 0.25) is 0 Å². The smallest absolute Gasteiger partial charge is 0.254 e. The molecule has 30 heavy (non-hydrogen) atoms. The van der Waals surface area contributed by atoms with Gasteiger partial charge in [-0.2, -0.15) is 4.73 Å². The van der Waals surface area contributed by atoms with Crippen molar-refractivity contribution in [3.8, 4) is 0 Å². The highest BCUT2D eigenvalue weighted by Crippen LogP contribution is 2.42. The number of carbonyl (C=O) groups excluding carboxylic acids is 1. The summed E-state index contributed by atoms with van der Waals surface area (Å²) in [6.45, 7) is 1.90. The van der Waals surface area contributed by atoms with E-state index in [1.807, 2.05) is 6.92 Å². The Morgan fingerprint density at radius 1 is 1.17 bits per heavy atom. The minimum absolute atomic E-state index is 0.108. The van der Waals surface area contributed by atoms with Crippen molar-refractivity contribution in [2.24, 2.45) is 4.99 Å². The number of anilines is 1. The topological polar surface area (TPSA) is 104 Å². The van der Waals surface area contributed by atoms with E-state index in [-0.39, 0.29) is 5.91 Å². The first-order valence-corrected chi connectivity index (χ1v) is 11.0. The van der Waals surface area contributed by atoms with Crippen molar-refractivity contribution in [3.63, 3.8) is 0 Å². The molecule has 0 saturated heterocycles. The Bertz CT molecular complexity index is 1050. The number of fused-ring (bicyclic) bond motifs is 2. The summed E-state index contributed by atoms with van der Waals surface area (Å²) in [5, 5.41) is 17.7. The van der Waals surface area contributed by atoms with E-state index in [9.17, 15) is 10.0 Å². The molecule has 0 aromatic carbocycles. The minimum atomic E-state index is -0.503. The van der Waals surface area contributed by atoms with Crippen LogP contribution in [0.4, 0.5) is 11.6 Å². The fraction of sp³-hybridized carbons (Fsp3) is 0.545. The number of amides is 1. The molecule has 1 spiro atoms. The van der Waals surface area contributed by atoms with Gasteiger partial charge in [0.1, 0.15) is 12.1 Å². The van der Waals surface area contributed by atoms with Gasteiger partial charge in [0, 0.05) is 12.1 Å². The second kappa shape index (κ2) is 7.41. The third-order valence-corrected chi connectivity index (χ3v) is 6.73. The van der Waals surface area contributed by atoms with Crippen molar-refractivity contribution in [2.75, 3.05) is 5.32 Å². The summed E-state index contributed by atoms with van der Waals surface area (Å²) in [5.74, 6) is 1.12. The fourth-order valence-electron chi connectivity index (χ4n) is 5.28. The van der Waals surface area contributed by atoms with Crippen LogP contribution < -0.4 is 16.1 Å². The molecule has 3 N–H and O–H groups in total. The van der Waals surface area contributed by atoms with E-state index in [0.717, 1.165) is 61.1 Å². The van der Waals surface area contributed by atoms with Gasteiger partial charge in [-0.3, -0.25) is 4.79 Å². The lowest BCUT2D eigenvalue weighted by molar-refractivity contribution is 0.0892. The Morgan fingerprint density at radius 3 is 2.70 bits per heavy atom. The van der Waals surface area contributed by atoms with Crippen molar-refractivity contribution >= 4 is 17.5 Å². The van der Waals surface area contributed by atoms with E-state index in [1.54, 1.807) is 12.1 Å². The highest BCUT2D eigenvalue weighted by atomic mass is 16.5. The van der Waals surface area contributed by atoms with E-state index in [4.69, 9.17) is 0 Å². The predicted octanol–water partition coefficient (Wildman–Crippen LogP) is 3.31. The number of aromatic nitrogens is 3. The number of aryl methyl sites for hydroxylation is 1. The van der Waals surface area contributed by atoms with Gasteiger partial charge in [-0.25, -0.2) is 15.0 Å². The molecule has 2 aromatic rings. The zero-order chi connectivity index (χ0) is 20.7. The average Bonchev–Trinajstić information content (AvgIpc) is 3.33. The van der Waals surface area contributed by atoms with Gasteiger partial charge in [-0.15, -0.1) is 0 Å². The van der Waals surface area contributed by atoms with Crippen LogP contribution in [0, 0.1) is 6.92 Å². The largest absolute Gasteiger partial charge is 0.427 e. The molecule has 3 aliphatic rings. The lowest BCUT2D eigenvalue weighted by Gasteiger charge is -2.34. The SMILES string of the molecule is Cc1cc(=Nc2cc(NC3CCCC3)ncn2)n(O)c2c1C(=O)NC21CCCCC1. The monoisotopic (exact) mass is 408 g/mol. The van der Waals surface area contributed by atoms with Gasteiger partial charge in [0.05, 0.1) is 16.8 Å². The maximum Gasteiger partial charge on any atom is 0.254 e. The molecule has 1 aliphatic heterocycles. The molecule has 0 radical (unpaired) electrons. The number of pyridine rings is 1. The van der Waals surface area contributed by atoms with Crippen molar-refractivity contribution in [1.82, 2.24) is 20.0 Å². The molecule has 158 valence electrons. The average molecular weight is 409 g/mol. The zero-order valence-electron chi connectivity index (χ0n) is 17.3. The van der Waals surface area contributed by atoms with Crippen molar-refractivity contribution < 1.29 is 10.0 Å². The molecule has 5 rings (SSSR count). The quantitative estimate of drug-likeness (QED) is 0.676. The normalized spacial score (nSPS) is 21.1. The molecule has 8 nitrogen and oxygen atoms in total. The molecule has 0 bridgehead atoms. The number of hydrogen-bond acceptors (Lipinski definition) is 6. The molecule has 2 fully saturated rings. The Morgan fingerprint density at radius 2 is 1.93 bits per heavy atom. The number of rotatable bonds is 3. The lowest BCUT2D eigenvalue weighted by Crippen LogP contribution is -2.43. The Kier molecular flexibility index (Phi) is 4.72. The van der Waals surface area contributed by atoms with E-state index >= 15 is 0 Å². The second-order valence-electron chi connectivity index (χ2n) is 8.82.